The van der Waals surface area contributed by atoms with E-state index in [4.69, 9.17) is 11.5 Å². The average Bonchev–Trinajstić information content (AvgIpc) is 2.15. The second-order valence-electron chi connectivity index (χ2n) is 3.40. The fraction of sp³-hybridized carbons (Fsp3) is 0.600. The van der Waals surface area contributed by atoms with Crippen molar-refractivity contribution in [2.75, 3.05) is 13.7 Å². The monoisotopic (exact) mass is 283 g/mol. The molecule has 0 fully saturated rings. The van der Waals surface area contributed by atoms with E-state index in [1.165, 1.54) is 7.11 Å². The van der Waals surface area contributed by atoms with Gasteiger partial charge in [-0.2, -0.15) is 0 Å². The first-order chi connectivity index (χ1) is 6.90. The number of rotatable bonds is 3. The highest BCUT2D eigenvalue weighted by molar-refractivity contribution is 5.85. The first-order valence-electron chi connectivity index (χ1n) is 4.49. The van der Waals surface area contributed by atoms with Gasteiger partial charge in [0.25, 0.3) is 0 Å². The van der Waals surface area contributed by atoms with Crippen molar-refractivity contribution in [1.29, 1.82) is 0 Å². The van der Waals surface area contributed by atoms with Crippen LogP contribution in [0.1, 0.15) is 20.3 Å². The number of hydrogen-bond donors (Lipinski definition) is 2. The Kier molecular flexibility index (Phi) is 12.8. The highest BCUT2D eigenvalue weighted by atomic mass is 35.5. The van der Waals surface area contributed by atoms with E-state index in [1.807, 2.05) is 0 Å². The van der Waals surface area contributed by atoms with Crippen molar-refractivity contribution >= 4 is 36.6 Å². The van der Waals surface area contributed by atoms with Gasteiger partial charge in [0.1, 0.15) is 12.1 Å². The van der Waals surface area contributed by atoms with Crippen molar-refractivity contribution in [3.8, 4) is 11.8 Å². The molecule has 0 radical (unpaired) electrons. The Morgan fingerprint density at radius 3 is 2.35 bits per heavy atom. The van der Waals surface area contributed by atoms with Gasteiger partial charge in [-0.15, -0.1) is 24.8 Å². The van der Waals surface area contributed by atoms with Gasteiger partial charge in [-0.1, -0.05) is 11.8 Å². The molecule has 0 aliphatic heterocycles. The van der Waals surface area contributed by atoms with Crippen LogP contribution in [0.25, 0.3) is 0 Å². The molecule has 0 aliphatic carbocycles. The molecule has 0 aromatic rings. The van der Waals surface area contributed by atoms with Crippen LogP contribution in [0.2, 0.25) is 0 Å². The zero-order valence-electron chi connectivity index (χ0n) is 10.1. The molecule has 0 heterocycles. The largest absolute Gasteiger partial charge is 0.468 e. The minimum atomic E-state index is -1.07. The molecule has 0 spiro atoms. The molecular formula is C10H19Cl2N3O2. The number of esters is 1. The first-order valence-corrected chi connectivity index (χ1v) is 4.49. The standard InChI is InChI=1S/C10H17N3O2.2ClH/c1-8(11)13-7-5-4-6-10(2,12)9(14)15-3;;/h6-7,12H2,1-3H3,(H2,11,13);2*1H. The van der Waals surface area contributed by atoms with Gasteiger partial charge >= 0.3 is 5.97 Å². The number of methoxy groups -OCH3 is 1. The fourth-order valence-electron chi connectivity index (χ4n) is 0.772. The van der Waals surface area contributed by atoms with Crippen molar-refractivity contribution < 1.29 is 9.53 Å². The Morgan fingerprint density at radius 2 is 1.94 bits per heavy atom. The lowest BCUT2D eigenvalue weighted by Gasteiger charge is -2.17. The van der Waals surface area contributed by atoms with Gasteiger partial charge in [0.2, 0.25) is 0 Å². The van der Waals surface area contributed by atoms with E-state index >= 15 is 0 Å². The molecule has 0 amide bonds. The second-order valence-corrected chi connectivity index (χ2v) is 3.40. The molecule has 0 rings (SSSR count). The third kappa shape index (κ3) is 9.94. The van der Waals surface area contributed by atoms with Crippen molar-refractivity contribution in [3.05, 3.63) is 0 Å². The van der Waals surface area contributed by atoms with Crippen LogP contribution in [-0.4, -0.2) is 31.0 Å². The van der Waals surface area contributed by atoms with Crippen LogP contribution < -0.4 is 11.5 Å². The summed E-state index contributed by atoms with van der Waals surface area (Å²) in [6.45, 7) is 3.58. The van der Waals surface area contributed by atoms with Crippen LogP contribution in [0.5, 0.6) is 0 Å². The van der Waals surface area contributed by atoms with Crippen LogP contribution in [0.3, 0.4) is 0 Å². The zero-order chi connectivity index (χ0) is 11.9. The SMILES string of the molecule is COC(=O)C(C)(N)CC#CCN=C(C)N.Cl.Cl. The third-order valence-corrected chi connectivity index (χ3v) is 1.64. The molecule has 0 aliphatic rings. The van der Waals surface area contributed by atoms with Gasteiger partial charge in [0.05, 0.1) is 12.9 Å². The van der Waals surface area contributed by atoms with Gasteiger partial charge in [0, 0.05) is 6.42 Å². The lowest BCUT2D eigenvalue weighted by atomic mass is 10.0. The normalized spacial score (nSPS) is 13.1. The number of nitrogens with zero attached hydrogens (tertiary/aromatic N) is 1. The van der Waals surface area contributed by atoms with Gasteiger partial charge in [-0.25, -0.2) is 0 Å². The number of nitrogens with two attached hydrogens (primary N) is 2. The molecule has 7 heteroatoms. The summed E-state index contributed by atoms with van der Waals surface area (Å²) in [5.41, 5.74) is 9.92. The fourth-order valence-corrected chi connectivity index (χ4v) is 0.772. The van der Waals surface area contributed by atoms with Crippen molar-refractivity contribution in [1.82, 2.24) is 0 Å². The molecule has 0 saturated heterocycles. The van der Waals surface area contributed by atoms with Gasteiger partial charge in [0.15, 0.2) is 0 Å². The summed E-state index contributed by atoms with van der Waals surface area (Å²) in [6, 6.07) is 0. The smallest absolute Gasteiger partial charge is 0.326 e. The summed E-state index contributed by atoms with van der Waals surface area (Å²) in [6.07, 6.45) is 0.235. The molecule has 0 saturated carbocycles. The molecule has 1 atom stereocenters. The van der Waals surface area contributed by atoms with Gasteiger partial charge < -0.3 is 16.2 Å². The van der Waals surface area contributed by atoms with E-state index in [9.17, 15) is 4.79 Å². The molecule has 5 nitrogen and oxygen atoms in total. The number of ether oxygens (including phenoxy) is 1. The molecule has 0 aromatic carbocycles. The Hall–Kier alpha value is -0.960. The molecular weight excluding hydrogens is 265 g/mol. The predicted octanol–water partition coefficient (Wildman–Crippen LogP) is 0.491. The summed E-state index contributed by atoms with van der Waals surface area (Å²) in [7, 11) is 1.29. The molecule has 1 unspecified atom stereocenters. The number of carbonyl (C=O) groups excluding carboxylic acids is 1. The Morgan fingerprint density at radius 1 is 1.41 bits per heavy atom. The minimum Gasteiger partial charge on any atom is -0.468 e. The van der Waals surface area contributed by atoms with E-state index < -0.39 is 11.5 Å². The lowest BCUT2D eigenvalue weighted by molar-refractivity contribution is -0.146. The maximum absolute atomic E-state index is 11.1. The van der Waals surface area contributed by atoms with Crippen LogP contribution in [0.4, 0.5) is 0 Å². The number of carbonyl (C=O) groups is 1. The maximum Gasteiger partial charge on any atom is 0.326 e. The number of aliphatic imine (C=N–C) groups is 1. The maximum atomic E-state index is 11.1. The molecule has 17 heavy (non-hydrogen) atoms. The molecule has 4 N–H and O–H groups in total. The van der Waals surface area contributed by atoms with E-state index in [1.54, 1.807) is 13.8 Å². The number of amidine groups is 1. The Balaban J connectivity index is -0.000000980. The summed E-state index contributed by atoms with van der Waals surface area (Å²) in [4.78, 5) is 15.0. The summed E-state index contributed by atoms with van der Waals surface area (Å²) >= 11 is 0. The zero-order valence-corrected chi connectivity index (χ0v) is 11.8. The minimum absolute atomic E-state index is 0. The summed E-state index contributed by atoms with van der Waals surface area (Å²) < 4.78 is 4.53. The summed E-state index contributed by atoms with van der Waals surface area (Å²) in [5, 5.41) is 0. The molecule has 0 aromatic heterocycles. The van der Waals surface area contributed by atoms with Crippen LogP contribution in [0.15, 0.2) is 4.99 Å². The van der Waals surface area contributed by atoms with Crippen molar-refractivity contribution in [2.45, 2.75) is 25.8 Å². The highest BCUT2D eigenvalue weighted by Crippen LogP contribution is 2.05. The molecule has 0 bridgehead atoms. The third-order valence-electron chi connectivity index (χ3n) is 1.64. The van der Waals surface area contributed by atoms with Crippen LogP contribution >= 0.6 is 24.8 Å². The lowest BCUT2D eigenvalue weighted by Crippen LogP contribution is -2.45. The Bertz CT molecular complexity index is 315. The Labute approximate surface area is 114 Å². The van der Waals surface area contributed by atoms with Crippen LogP contribution in [0, 0.1) is 11.8 Å². The average molecular weight is 284 g/mol. The first kappa shape index (κ1) is 21.3. The highest BCUT2D eigenvalue weighted by Gasteiger charge is 2.28. The van der Waals surface area contributed by atoms with Crippen molar-refractivity contribution in [2.24, 2.45) is 16.5 Å². The predicted molar refractivity (Wildman–Crippen MR) is 73.7 cm³/mol. The number of hydrogen-bond acceptors (Lipinski definition) is 4. The van der Waals surface area contributed by atoms with E-state index in [0.29, 0.717) is 12.4 Å². The number of halogens is 2. The van der Waals surface area contributed by atoms with Crippen LogP contribution in [-0.2, 0) is 9.53 Å². The second kappa shape index (κ2) is 10.2. The molecule has 100 valence electrons. The van der Waals surface area contributed by atoms with Gasteiger partial charge in [-0.3, -0.25) is 9.79 Å². The van der Waals surface area contributed by atoms with Gasteiger partial charge in [-0.05, 0) is 13.8 Å². The van der Waals surface area contributed by atoms with E-state index in [0.717, 1.165) is 0 Å². The van der Waals surface area contributed by atoms with E-state index in [-0.39, 0.29) is 31.2 Å². The van der Waals surface area contributed by atoms with E-state index in [2.05, 4.69) is 21.6 Å². The quantitative estimate of drug-likeness (QED) is 0.341. The van der Waals surface area contributed by atoms with Crippen molar-refractivity contribution in [3.63, 3.8) is 0 Å². The topological polar surface area (TPSA) is 90.7 Å². The summed E-state index contributed by atoms with van der Waals surface area (Å²) in [5.74, 6) is 5.51.